The number of hydrogen-bond acceptors (Lipinski definition) is 2. The second-order valence-electron chi connectivity index (χ2n) is 6.12. The SMILES string of the molecule is CC(C)(O)CN(Cc1ccccc1)C(=O)c1cc(F)cc(F)c1. The molecule has 1 amide bonds. The van der Waals surface area contributed by atoms with E-state index in [4.69, 9.17) is 0 Å². The predicted octanol–water partition coefficient (Wildman–Crippen LogP) is 3.38. The van der Waals surface area contributed by atoms with Crippen LogP contribution in [0.1, 0.15) is 29.8 Å². The van der Waals surface area contributed by atoms with Gasteiger partial charge in [0, 0.05) is 24.7 Å². The van der Waals surface area contributed by atoms with Crippen molar-refractivity contribution in [1.29, 1.82) is 0 Å². The lowest BCUT2D eigenvalue weighted by Crippen LogP contribution is -2.41. The summed E-state index contributed by atoms with van der Waals surface area (Å²) in [6.07, 6.45) is 0. The summed E-state index contributed by atoms with van der Waals surface area (Å²) in [6, 6.07) is 11.9. The minimum atomic E-state index is -1.13. The molecule has 0 heterocycles. The molecule has 0 bridgehead atoms. The molecule has 0 unspecified atom stereocenters. The molecule has 0 saturated carbocycles. The van der Waals surface area contributed by atoms with E-state index in [1.165, 1.54) is 4.90 Å². The molecular formula is C18H19F2NO2. The summed E-state index contributed by atoms with van der Waals surface area (Å²) >= 11 is 0. The summed E-state index contributed by atoms with van der Waals surface area (Å²) in [5.74, 6) is -2.15. The van der Waals surface area contributed by atoms with E-state index in [9.17, 15) is 18.7 Å². The molecule has 23 heavy (non-hydrogen) atoms. The Kier molecular flexibility index (Phi) is 5.11. The summed E-state index contributed by atoms with van der Waals surface area (Å²) in [5, 5.41) is 10.0. The van der Waals surface area contributed by atoms with Gasteiger partial charge >= 0.3 is 0 Å². The zero-order valence-electron chi connectivity index (χ0n) is 13.1. The normalized spacial score (nSPS) is 11.3. The molecule has 0 atom stereocenters. The van der Waals surface area contributed by atoms with E-state index in [0.717, 1.165) is 17.7 Å². The quantitative estimate of drug-likeness (QED) is 0.918. The van der Waals surface area contributed by atoms with E-state index in [0.29, 0.717) is 6.07 Å². The van der Waals surface area contributed by atoms with Gasteiger partial charge in [-0.3, -0.25) is 4.79 Å². The van der Waals surface area contributed by atoms with Crippen molar-refractivity contribution in [2.45, 2.75) is 26.0 Å². The molecule has 1 N–H and O–H groups in total. The Balaban J connectivity index is 2.30. The summed E-state index contributed by atoms with van der Waals surface area (Å²) in [5.41, 5.74) is -0.347. The van der Waals surface area contributed by atoms with Crippen LogP contribution in [-0.4, -0.2) is 28.1 Å². The Morgan fingerprint density at radius 1 is 1.09 bits per heavy atom. The Morgan fingerprint density at radius 3 is 2.17 bits per heavy atom. The summed E-state index contributed by atoms with van der Waals surface area (Å²) in [4.78, 5) is 14.0. The lowest BCUT2D eigenvalue weighted by Gasteiger charge is -2.29. The molecule has 0 aromatic heterocycles. The number of carbonyl (C=O) groups is 1. The Labute approximate surface area is 134 Å². The van der Waals surface area contributed by atoms with E-state index < -0.39 is 23.1 Å². The van der Waals surface area contributed by atoms with Gasteiger partial charge in [-0.15, -0.1) is 0 Å². The lowest BCUT2D eigenvalue weighted by molar-refractivity contribution is 0.0279. The molecule has 0 aliphatic rings. The fourth-order valence-corrected chi connectivity index (χ4v) is 2.33. The van der Waals surface area contributed by atoms with Gasteiger partial charge in [0.05, 0.1) is 5.60 Å². The van der Waals surface area contributed by atoms with E-state index in [1.54, 1.807) is 13.8 Å². The van der Waals surface area contributed by atoms with Crippen LogP contribution in [0.15, 0.2) is 48.5 Å². The fraction of sp³-hybridized carbons (Fsp3) is 0.278. The van der Waals surface area contributed by atoms with Crippen molar-refractivity contribution in [3.63, 3.8) is 0 Å². The molecule has 3 nitrogen and oxygen atoms in total. The van der Waals surface area contributed by atoms with Crippen LogP contribution in [0.25, 0.3) is 0 Å². The molecule has 0 saturated heterocycles. The number of amides is 1. The van der Waals surface area contributed by atoms with Crippen molar-refractivity contribution in [2.24, 2.45) is 0 Å². The Bertz CT molecular complexity index is 661. The lowest BCUT2D eigenvalue weighted by atomic mass is 10.1. The Morgan fingerprint density at radius 2 is 1.65 bits per heavy atom. The number of carbonyl (C=O) groups excluding carboxylic acids is 1. The molecule has 0 aliphatic heterocycles. The third kappa shape index (κ3) is 5.14. The van der Waals surface area contributed by atoms with Crippen molar-refractivity contribution >= 4 is 5.91 Å². The van der Waals surface area contributed by atoms with Crippen molar-refractivity contribution in [2.75, 3.05) is 6.54 Å². The van der Waals surface area contributed by atoms with Crippen molar-refractivity contribution in [3.05, 3.63) is 71.3 Å². The van der Waals surface area contributed by atoms with Crippen LogP contribution in [0.3, 0.4) is 0 Å². The first-order valence-electron chi connectivity index (χ1n) is 7.26. The van der Waals surface area contributed by atoms with Crippen LogP contribution in [0.5, 0.6) is 0 Å². The highest BCUT2D eigenvalue weighted by Crippen LogP contribution is 2.16. The first-order valence-corrected chi connectivity index (χ1v) is 7.26. The maximum Gasteiger partial charge on any atom is 0.254 e. The van der Waals surface area contributed by atoms with Gasteiger partial charge in [0.1, 0.15) is 11.6 Å². The van der Waals surface area contributed by atoms with Crippen LogP contribution in [-0.2, 0) is 6.54 Å². The minimum Gasteiger partial charge on any atom is -0.389 e. The molecule has 2 aromatic carbocycles. The molecule has 122 valence electrons. The van der Waals surface area contributed by atoms with E-state index in [1.807, 2.05) is 30.3 Å². The maximum absolute atomic E-state index is 13.4. The molecule has 2 rings (SSSR count). The highest BCUT2D eigenvalue weighted by atomic mass is 19.1. The van der Waals surface area contributed by atoms with Crippen LogP contribution >= 0.6 is 0 Å². The highest BCUT2D eigenvalue weighted by Gasteiger charge is 2.24. The number of rotatable bonds is 5. The first-order chi connectivity index (χ1) is 10.7. The minimum absolute atomic E-state index is 0.0405. The zero-order chi connectivity index (χ0) is 17.0. The molecule has 0 fully saturated rings. The van der Waals surface area contributed by atoms with E-state index >= 15 is 0 Å². The summed E-state index contributed by atoms with van der Waals surface area (Å²) in [6.45, 7) is 3.43. The van der Waals surface area contributed by atoms with Crippen molar-refractivity contribution in [3.8, 4) is 0 Å². The fourth-order valence-electron chi connectivity index (χ4n) is 2.33. The van der Waals surface area contributed by atoms with Gasteiger partial charge in [0.15, 0.2) is 0 Å². The van der Waals surface area contributed by atoms with Gasteiger partial charge < -0.3 is 10.0 Å². The molecular weight excluding hydrogens is 300 g/mol. The predicted molar refractivity (Wildman–Crippen MR) is 83.8 cm³/mol. The molecule has 5 heteroatoms. The Hall–Kier alpha value is -2.27. The standard InChI is InChI=1S/C18H19F2NO2/c1-18(2,23)12-21(11-13-6-4-3-5-7-13)17(22)14-8-15(19)10-16(20)9-14/h3-10,23H,11-12H2,1-2H3. The first kappa shape index (κ1) is 17.1. The van der Waals surface area contributed by atoms with Crippen LogP contribution in [0, 0.1) is 11.6 Å². The van der Waals surface area contributed by atoms with Gasteiger partial charge in [0.2, 0.25) is 0 Å². The van der Waals surface area contributed by atoms with Crippen LogP contribution in [0.4, 0.5) is 8.78 Å². The zero-order valence-corrected chi connectivity index (χ0v) is 13.1. The van der Waals surface area contributed by atoms with Crippen LogP contribution in [0.2, 0.25) is 0 Å². The average Bonchev–Trinajstić information content (AvgIpc) is 2.44. The maximum atomic E-state index is 13.4. The number of nitrogens with zero attached hydrogens (tertiary/aromatic N) is 1. The molecule has 0 radical (unpaired) electrons. The smallest absolute Gasteiger partial charge is 0.254 e. The number of hydrogen-bond donors (Lipinski definition) is 1. The number of halogens is 2. The summed E-state index contributed by atoms with van der Waals surface area (Å²) in [7, 11) is 0. The number of benzene rings is 2. The van der Waals surface area contributed by atoms with E-state index in [-0.39, 0.29) is 18.7 Å². The largest absolute Gasteiger partial charge is 0.389 e. The van der Waals surface area contributed by atoms with Gasteiger partial charge in [-0.25, -0.2) is 8.78 Å². The van der Waals surface area contributed by atoms with Crippen molar-refractivity contribution in [1.82, 2.24) is 4.90 Å². The summed E-state index contributed by atoms with van der Waals surface area (Å²) < 4.78 is 26.7. The average molecular weight is 319 g/mol. The van der Waals surface area contributed by atoms with Gasteiger partial charge in [-0.1, -0.05) is 30.3 Å². The highest BCUT2D eigenvalue weighted by molar-refractivity contribution is 5.94. The van der Waals surface area contributed by atoms with Gasteiger partial charge in [0.25, 0.3) is 5.91 Å². The van der Waals surface area contributed by atoms with E-state index in [2.05, 4.69) is 0 Å². The second kappa shape index (κ2) is 6.87. The van der Waals surface area contributed by atoms with Crippen LogP contribution < -0.4 is 0 Å². The molecule has 0 spiro atoms. The topological polar surface area (TPSA) is 40.5 Å². The van der Waals surface area contributed by atoms with Crippen molar-refractivity contribution < 1.29 is 18.7 Å². The van der Waals surface area contributed by atoms with Gasteiger partial charge in [-0.2, -0.15) is 0 Å². The monoisotopic (exact) mass is 319 g/mol. The molecule has 0 aliphatic carbocycles. The second-order valence-corrected chi connectivity index (χ2v) is 6.12. The molecule has 2 aromatic rings. The third-order valence-electron chi connectivity index (χ3n) is 3.19. The van der Waals surface area contributed by atoms with Gasteiger partial charge in [-0.05, 0) is 31.5 Å². The third-order valence-corrected chi connectivity index (χ3v) is 3.19. The number of aliphatic hydroxyl groups is 1.